The van der Waals surface area contributed by atoms with Gasteiger partial charge in [0.05, 0.1) is 6.07 Å². The lowest BCUT2D eigenvalue weighted by molar-refractivity contribution is -0.123. The minimum Gasteiger partial charge on any atom is -0.340 e. The average molecular weight is 424 g/mol. The fourth-order valence-electron chi connectivity index (χ4n) is 3.07. The maximum atomic E-state index is 12.8. The molecule has 1 unspecified atom stereocenters. The molecule has 0 heterocycles. The van der Waals surface area contributed by atoms with Crippen LogP contribution in [0.2, 0.25) is 0 Å². The zero-order chi connectivity index (χ0) is 21.9. The molecular weight excluding hydrogens is 394 g/mol. The molecule has 30 heavy (non-hydrogen) atoms. The van der Waals surface area contributed by atoms with E-state index < -0.39 is 12.1 Å². The van der Waals surface area contributed by atoms with Crippen LogP contribution in [0.15, 0.2) is 54.6 Å². The highest BCUT2D eigenvalue weighted by Gasteiger charge is 2.24. The molecule has 0 saturated heterocycles. The van der Waals surface area contributed by atoms with E-state index in [2.05, 4.69) is 16.7 Å². The second kappa shape index (κ2) is 12.0. The number of nitrogens with one attached hydrogen (secondary N) is 2. The summed E-state index contributed by atoms with van der Waals surface area (Å²) in [6.07, 6.45) is 3.04. The van der Waals surface area contributed by atoms with Crippen molar-refractivity contribution in [1.82, 2.24) is 10.6 Å². The molecule has 0 bridgehead atoms. The number of hydrogen-bond donors (Lipinski definition) is 2. The quantitative estimate of drug-likeness (QED) is 0.598. The molecule has 0 fully saturated rings. The lowest BCUT2D eigenvalue weighted by Gasteiger charge is -2.22. The minimum atomic E-state index is -0.684. The molecule has 2 N–H and O–H groups in total. The van der Waals surface area contributed by atoms with Gasteiger partial charge in [-0.15, -0.1) is 0 Å². The van der Waals surface area contributed by atoms with Crippen molar-refractivity contribution < 1.29 is 9.59 Å². The van der Waals surface area contributed by atoms with Gasteiger partial charge >= 0.3 is 0 Å². The molecule has 0 aliphatic heterocycles. The number of carbonyl (C=O) groups is 2. The van der Waals surface area contributed by atoms with Crippen LogP contribution in [-0.2, 0) is 4.79 Å². The third-order valence-electron chi connectivity index (χ3n) is 4.67. The molecule has 158 valence electrons. The molecule has 0 spiro atoms. The first-order chi connectivity index (χ1) is 14.4. The number of thioether (sulfide) groups is 1. The summed E-state index contributed by atoms with van der Waals surface area (Å²) in [6, 6.07) is 18.1. The van der Waals surface area contributed by atoms with Crippen molar-refractivity contribution in [3.63, 3.8) is 0 Å². The van der Waals surface area contributed by atoms with Crippen LogP contribution < -0.4 is 10.6 Å². The molecule has 2 amide bonds. The molecule has 2 atom stereocenters. The Morgan fingerprint density at radius 1 is 1.00 bits per heavy atom. The Balaban J connectivity index is 2.07. The van der Waals surface area contributed by atoms with Crippen molar-refractivity contribution in [2.24, 2.45) is 5.92 Å². The first-order valence-corrected chi connectivity index (χ1v) is 11.5. The van der Waals surface area contributed by atoms with E-state index in [0.717, 1.165) is 16.9 Å². The SMILES string of the molecule is CSCC[C@@H](C#N)NC(=O)C(CC(C)C)NC(=O)c1ccc(-c2ccccc2)cc1. The molecule has 0 aliphatic rings. The van der Waals surface area contributed by atoms with Gasteiger partial charge in [0.25, 0.3) is 5.91 Å². The van der Waals surface area contributed by atoms with Crippen molar-refractivity contribution in [2.75, 3.05) is 12.0 Å². The van der Waals surface area contributed by atoms with Crippen molar-refractivity contribution >= 4 is 23.6 Å². The monoisotopic (exact) mass is 423 g/mol. The highest BCUT2D eigenvalue weighted by molar-refractivity contribution is 7.98. The lowest BCUT2D eigenvalue weighted by atomic mass is 10.0. The first kappa shape index (κ1) is 23.5. The Kier molecular flexibility index (Phi) is 9.43. The van der Waals surface area contributed by atoms with Gasteiger partial charge in [-0.05, 0) is 54.0 Å². The molecule has 0 aromatic heterocycles. The summed E-state index contributed by atoms with van der Waals surface area (Å²) in [7, 11) is 0. The van der Waals surface area contributed by atoms with Crippen LogP contribution in [0, 0.1) is 17.2 Å². The maximum absolute atomic E-state index is 12.8. The zero-order valence-electron chi connectivity index (χ0n) is 17.7. The number of benzene rings is 2. The Labute approximate surface area is 183 Å². The highest BCUT2D eigenvalue weighted by Crippen LogP contribution is 2.19. The van der Waals surface area contributed by atoms with E-state index in [9.17, 15) is 14.9 Å². The Hall–Kier alpha value is -2.78. The molecule has 0 radical (unpaired) electrons. The fourth-order valence-corrected chi connectivity index (χ4v) is 3.54. The minimum absolute atomic E-state index is 0.216. The van der Waals surface area contributed by atoms with Crippen LogP contribution in [0.5, 0.6) is 0 Å². The van der Waals surface area contributed by atoms with Gasteiger partial charge < -0.3 is 10.6 Å². The van der Waals surface area contributed by atoms with Gasteiger partial charge in [-0.3, -0.25) is 9.59 Å². The van der Waals surface area contributed by atoms with E-state index in [0.29, 0.717) is 18.4 Å². The summed E-state index contributed by atoms with van der Waals surface area (Å²) in [5.74, 6) is 0.389. The lowest BCUT2D eigenvalue weighted by Crippen LogP contribution is -2.50. The molecule has 2 aromatic rings. The van der Waals surface area contributed by atoms with Crippen molar-refractivity contribution in [1.29, 1.82) is 5.26 Å². The smallest absolute Gasteiger partial charge is 0.251 e. The summed E-state index contributed by atoms with van der Waals surface area (Å²) < 4.78 is 0. The van der Waals surface area contributed by atoms with E-state index in [1.54, 1.807) is 23.9 Å². The number of nitriles is 1. The third kappa shape index (κ3) is 7.23. The highest BCUT2D eigenvalue weighted by atomic mass is 32.2. The number of nitrogens with zero attached hydrogens (tertiary/aromatic N) is 1. The van der Waals surface area contributed by atoms with Crippen LogP contribution in [0.1, 0.15) is 37.0 Å². The average Bonchev–Trinajstić information content (AvgIpc) is 2.76. The zero-order valence-corrected chi connectivity index (χ0v) is 18.5. The van der Waals surface area contributed by atoms with Crippen molar-refractivity contribution in [3.8, 4) is 17.2 Å². The Morgan fingerprint density at radius 3 is 2.20 bits per heavy atom. The number of carbonyl (C=O) groups excluding carboxylic acids is 2. The van der Waals surface area contributed by atoms with E-state index in [1.165, 1.54) is 0 Å². The van der Waals surface area contributed by atoms with Crippen LogP contribution in [0.4, 0.5) is 0 Å². The van der Waals surface area contributed by atoms with Crippen LogP contribution >= 0.6 is 11.8 Å². The van der Waals surface area contributed by atoms with Crippen molar-refractivity contribution in [3.05, 3.63) is 60.2 Å². The predicted molar refractivity (Wildman–Crippen MR) is 123 cm³/mol. The van der Waals surface area contributed by atoms with E-state index >= 15 is 0 Å². The van der Waals surface area contributed by atoms with Gasteiger partial charge in [0.15, 0.2) is 0 Å². The van der Waals surface area contributed by atoms with Gasteiger partial charge in [0.2, 0.25) is 5.91 Å². The summed E-state index contributed by atoms with van der Waals surface area (Å²) in [5.41, 5.74) is 2.60. The Bertz CT molecular complexity index is 860. The van der Waals surface area contributed by atoms with Gasteiger partial charge in [-0.2, -0.15) is 17.0 Å². The molecule has 0 aliphatic carbocycles. The van der Waals surface area contributed by atoms with Crippen molar-refractivity contribution in [2.45, 2.75) is 38.8 Å². The fraction of sp³-hybridized carbons (Fsp3) is 0.375. The molecule has 6 heteroatoms. The number of rotatable bonds is 10. The molecular formula is C24H29N3O2S. The maximum Gasteiger partial charge on any atom is 0.251 e. The molecule has 5 nitrogen and oxygen atoms in total. The second-order valence-corrected chi connectivity index (χ2v) is 8.56. The Morgan fingerprint density at radius 2 is 1.63 bits per heavy atom. The van der Waals surface area contributed by atoms with Crippen LogP contribution in [0.3, 0.4) is 0 Å². The van der Waals surface area contributed by atoms with E-state index in [1.807, 2.05) is 62.6 Å². The largest absolute Gasteiger partial charge is 0.340 e. The van der Waals surface area contributed by atoms with Gasteiger partial charge in [0.1, 0.15) is 12.1 Å². The second-order valence-electron chi connectivity index (χ2n) is 7.57. The first-order valence-electron chi connectivity index (χ1n) is 10.1. The van der Waals surface area contributed by atoms with Crippen LogP contribution in [-0.4, -0.2) is 35.9 Å². The summed E-state index contributed by atoms with van der Waals surface area (Å²) in [4.78, 5) is 25.5. The standard InChI is InChI=1S/C24H29N3O2S/c1-17(2)15-22(24(29)26-21(16-25)13-14-30-3)27-23(28)20-11-9-19(10-12-20)18-7-5-4-6-8-18/h4-12,17,21-22H,13-15H2,1-3H3,(H,26,29)(H,27,28)/t21-,22?/m0/s1. The van der Waals surface area contributed by atoms with Gasteiger partial charge in [-0.25, -0.2) is 0 Å². The summed E-state index contributed by atoms with van der Waals surface area (Å²) in [5, 5.41) is 14.9. The molecule has 2 rings (SSSR count). The normalized spacial score (nSPS) is 12.6. The van der Waals surface area contributed by atoms with Gasteiger partial charge in [0, 0.05) is 5.56 Å². The third-order valence-corrected chi connectivity index (χ3v) is 5.31. The molecule has 0 saturated carbocycles. The van der Waals surface area contributed by atoms with Gasteiger partial charge in [-0.1, -0.05) is 56.3 Å². The topological polar surface area (TPSA) is 82.0 Å². The summed E-state index contributed by atoms with van der Waals surface area (Å²) >= 11 is 1.63. The number of hydrogen-bond acceptors (Lipinski definition) is 4. The van der Waals surface area contributed by atoms with E-state index in [-0.39, 0.29) is 17.7 Å². The number of amides is 2. The predicted octanol–water partition coefficient (Wildman–Crippen LogP) is 4.26. The van der Waals surface area contributed by atoms with Crippen LogP contribution in [0.25, 0.3) is 11.1 Å². The molecule has 2 aromatic carbocycles. The summed E-state index contributed by atoms with van der Waals surface area (Å²) in [6.45, 7) is 3.99. The van der Waals surface area contributed by atoms with E-state index in [4.69, 9.17) is 0 Å².